The fraction of sp³-hybridized carbons (Fsp3) is 0.455. The van der Waals surface area contributed by atoms with Gasteiger partial charge in [0.25, 0.3) is 0 Å². The van der Waals surface area contributed by atoms with Gasteiger partial charge in [0, 0.05) is 10.6 Å². The zero-order valence-electron chi connectivity index (χ0n) is 8.56. The number of ether oxygens (including phenoxy) is 1. The molecule has 78 valence electrons. The topological polar surface area (TPSA) is 29.5 Å². The third-order valence-corrected chi connectivity index (χ3v) is 3.09. The van der Waals surface area contributed by atoms with Crippen LogP contribution in [0.25, 0.3) is 0 Å². The molecule has 1 rings (SSSR count). The van der Waals surface area contributed by atoms with Gasteiger partial charge in [0.15, 0.2) is 0 Å². The van der Waals surface area contributed by atoms with Gasteiger partial charge in [0.2, 0.25) is 0 Å². The monoisotopic (exact) mass is 212 g/mol. The van der Waals surface area contributed by atoms with Crippen LogP contribution in [-0.4, -0.2) is 24.1 Å². The normalized spacial score (nSPS) is 12.5. The molecule has 0 saturated heterocycles. The minimum atomic E-state index is -0.216. The third kappa shape index (κ3) is 3.60. The zero-order chi connectivity index (χ0) is 10.4. The van der Waals surface area contributed by atoms with Crippen LogP contribution in [0.1, 0.15) is 13.3 Å². The summed E-state index contributed by atoms with van der Waals surface area (Å²) in [6, 6.07) is 7.88. The number of thioether (sulfide) groups is 1. The molecule has 0 radical (unpaired) electrons. The number of rotatable bonds is 5. The number of benzene rings is 1. The quantitative estimate of drug-likeness (QED) is 0.761. The van der Waals surface area contributed by atoms with Crippen molar-refractivity contribution in [2.45, 2.75) is 24.3 Å². The summed E-state index contributed by atoms with van der Waals surface area (Å²) in [5.41, 5.74) is 0. The number of hydrogen-bond acceptors (Lipinski definition) is 3. The van der Waals surface area contributed by atoms with Gasteiger partial charge >= 0.3 is 0 Å². The molecule has 14 heavy (non-hydrogen) atoms. The largest absolute Gasteiger partial charge is 0.497 e. The maximum atomic E-state index is 9.39. The van der Waals surface area contributed by atoms with E-state index in [1.54, 1.807) is 18.9 Å². The predicted molar refractivity (Wildman–Crippen MR) is 60.0 cm³/mol. The van der Waals surface area contributed by atoms with Crippen LogP contribution in [0.4, 0.5) is 0 Å². The molecule has 0 aliphatic carbocycles. The van der Waals surface area contributed by atoms with Crippen LogP contribution in [0, 0.1) is 0 Å². The highest BCUT2D eigenvalue weighted by atomic mass is 32.2. The fourth-order valence-electron chi connectivity index (χ4n) is 1.00. The molecule has 1 N–H and O–H groups in total. The SMILES string of the molecule is CCC(O)CSc1cccc(OC)c1. The van der Waals surface area contributed by atoms with E-state index in [1.807, 2.05) is 31.2 Å². The van der Waals surface area contributed by atoms with Crippen molar-refractivity contribution in [1.29, 1.82) is 0 Å². The summed E-state index contributed by atoms with van der Waals surface area (Å²) in [7, 11) is 1.66. The van der Waals surface area contributed by atoms with E-state index >= 15 is 0 Å². The van der Waals surface area contributed by atoms with Gasteiger partial charge in [-0.05, 0) is 24.6 Å². The van der Waals surface area contributed by atoms with E-state index in [2.05, 4.69) is 0 Å². The van der Waals surface area contributed by atoms with E-state index in [1.165, 1.54) is 0 Å². The minimum Gasteiger partial charge on any atom is -0.497 e. The molecule has 0 amide bonds. The Hall–Kier alpha value is -0.670. The van der Waals surface area contributed by atoms with Crippen LogP contribution < -0.4 is 4.74 Å². The molecule has 1 atom stereocenters. The van der Waals surface area contributed by atoms with Crippen LogP contribution in [0.5, 0.6) is 5.75 Å². The zero-order valence-corrected chi connectivity index (χ0v) is 9.38. The van der Waals surface area contributed by atoms with E-state index in [0.717, 1.165) is 22.8 Å². The molecule has 1 aromatic carbocycles. The molecule has 0 spiro atoms. The van der Waals surface area contributed by atoms with Crippen molar-refractivity contribution in [3.05, 3.63) is 24.3 Å². The van der Waals surface area contributed by atoms with Crippen molar-refractivity contribution in [3.63, 3.8) is 0 Å². The van der Waals surface area contributed by atoms with E-state index in [0.29, 0.717) is 0 Å². The Kier molecular flexibility index (Phi) is 4.84. The lowest BCUT2D eigenvalue weighted by Gasteiger charge is -2.07. The Morgan fingerprint density at radius 1 is 1.50 bits per heavy atom. The molecule has 0 aromatic heterocycles. The van der Waals surface area contributed by atoms with E-state index in [4.69, 9.17) is 4.74 Å². The number of aliphatic hydroxyl groups excluding tert-OH is 1. The van der Waals surface area contributed by atoms with E-state index < -0.39 is 0 Å². The van der Waals surface area contributed by atoms with Crippen LogP contribution in [-0.2, 0) is 0 Å². The van der Waals surface area contributed by atoms with Gasteiger partial charge in [-0.15, -0.1) is 11.8 Å². The second-order valence-electron chi connectivity index (χ2n) is 3.05. The van der Waals surface area contributed by atoms with Crippen LogP contribution in [0.15, 0.2) is 29.2 Å². The number of aliphatic hydroxyl groups is 1. The molecular formula is C11H16O2S. The molecule has 2 nitrogen and oxygen atoms in total. The summed E-state index contributed by atoms with van der Waals surface area (Å²) >= 11 is 1.65. The maximum Gasteiger partial charge on any atom is 0.119 e. The van der Waals surface area contributed by atoms with Crippen molar-refractivity contribution in [2.24, 2.45) is 0 Å². The first-order valence-electron chi connectivity index (χ1n) is 4.71. The molecule has 1 aromatic rings. The Labute approximate surface area is 89.3 Å². The summed E-state index contributed by atoms with van der Waals surface area (Å²) in [5, 5.41) is 9.39. The average Bonchev–Trinajstić information content (AvgIpc) is 2.26. The summed E-state index contributed by atoms with van der Waals surface area (Å²) in [6.07, 6.45) is 0.586. The molecule has 0 fully saturated rings. The second-order valence-corrected chi connectivity index (χ2v) is 4.15. The van der Waals surface area contributed by atoms with Crippen molar-refractivity contribution in [3.8, 4) is 5.75 Å². The summed E-state index contributed by atoms with van der Waals surface area (Å²) in [6.45, 7) is 1.98. The molecule has 1 unspecified atom stereocenters. The summed E-state index contributed by atoms with van der Waals surface area (Å²) in [4.78, 5) is 1.14. The third-order valence-electron chi connectivity index (χ3n) is 1.95. The highest BCUT2D eigenvalue weighted by Crippen LogP contribution is 2.23. The summed E-state index contributed by atoms with van der Waals surface area (Å²) < 4.78 is 5.11. The molecule has 0 aliphatic heterocycles. The first kappa shape index (κ1) is 11.4. The van der Waals surface area contributed by atoms with Gasteiger partial charge < -0.3 is 9.84 Å². The molecule has 0 bridgehead atoms. The Bertz CT molecular complexity index is 276. The lowest BCUT2D eigenvalue weighted by Crippen LogP contribution is -2.06. The lowest BCUT2D eigenvalue weighted by atomic mass is 10.3. The van der Waals surface area contributed by atoms with E-state index in [9.17, 15) is 5.11 Å². The molecule has 0 aliphatic rings. The Balaban J connectivity index is 2.50. The van der Waals surface area contributed by atoms with Crippen molar-refractivity contribution in [2.75, 3.05) is 12.9 Å². The maximum absolute atomic E-state index is 9.39. The number of methoxy groups -OCH3 is 1. The lowest BCUT2D eigenvalue weighted by molar-refractivity contribution is 0.195. The van der Waals surface area contributed by atoms with Crippen LogP contribution in [0.3, 0.4) is 0 Å². The van der Waals surface area contributed by atoms with Crippen LogP contribution >= 0.6 is 11.8 Å². The molecule has 3 heteroatoms. The summed E-state index contributed by atoms with van der Waals surface area (Å²) in [5.74, 6) is 1.60. The Morgan fingerprint density at radius 3 is 2.93 bits per heavy atom. The fourth-order valence-corrected chi connectivity index (χ4v) is 2.00. The molecular weight excluding hydrogens is 196 g/mol. The van der Waals surface area contributed by atoms with E-state index in [-0.39, 0.29) is 6.10 Å². The molecule has 0 heterocycles. The van der Waals surface area contributed by atoms with Gasteiger partial charge in [-0.25, -0.2) is 0 Å². The highest BCUT2D eigenvalue weighted by Gasteiger charge is 2.02. The van der Waals surface area contributed by atoms with Crippen molar-refractivity contribution >= 4 is 11.8 Å². The standard InChI is InChI=1S/C11H16O2S/c1-3-9(12)8-14-11-6-4-5-10(7-11)13-2/h4-7,9,12H,3,8H2,1-2H3. The molecule has 0 saturated carbocycles. The van der Waals surface area contributed by atoms with Gasteiger partial charge in [0.1, 0.15) is 5.75 Å². The average molecular weight is 212 g/mol. The smallest absolute Gasteiger partial charge is 0.119 e. The van der Waals surface area contributed by atoms with Gasteiger partial charge in [-0.3, -0.25) is 0 Å². The Morgan fingerprint density at radius 2 is 2.29 bits per heavy atom. The van der Waals surface area contributed by atoms with Crippen molar-refractivity contribution in [1.82, 2.24) is 0 Å². The van der Waals surface area contributed by atoms with Gasteiger partial charge in [-0.1, -0.05) is 13.0 Å². The first-order valence-corrected chi connectivity index (χ1v) is 5.69. The first-order chi connectivity index (χ1) is 6.76. The van der Waals surface area contributed by atoms with Gasteiger partial charge in [-0.2, -0.15) is 0 Å². The van der Waals surface area contributed by atoms with Crippen molar-refractivity contribution < 1.29 is 9.84 Å². The van der Waals surface area contributed by atoms with Gasteiger partial charge in [0.05, 0.1) is 13.2 Å². The minimum absolute atomic E-state index is 0.216. The predicted octanol–water partition coefficient (Wildman–Crippen LogP) is 2.56. The van der Waals surface area contributed by atoms with Crippen LogP contribution in [0.2, 0.25) is 0 Å². The highest BCUT2D eigenvalue weighted by molar-refractivity contribution is 7.99. The number of hydrogen-bond donors (Lipinski definition) is 1. The second kappa shape index (κ2) is 5.94.